The van der Waals surface area contributed by atoms with Gasteiger partial charge in [0.15, 0.2) is 0 Å². The van der Waals surface area contributed by atoms with Crippen LogP contribution >= 0.6 is 15.9 Å². The Hall–Kier alpha value is -1.36. The van der Waals surface area contributed by atoms with Crippen molar-refractivity contribution in [2.45, 2.75) is 0 Å². The minimum Gasteiger partial charge on any atom is -0.478 e. The first kappa shape index (κ1) is 9.73. The molecule has 0 bridgehead atoms. The zero-order chi connectivity index (χ0) is 9.84. The Labute approximate surface area is 83.2 Å². The fourth-order valence-corrected chi connectivity index (χ4v) is 1.51. The maximum absolute atomic E-state index is 10.8. The van der Waals surface area contributed by atoms with E-state index in [0.29, 0.717) is 10.0 Å². The smallest absolute Gasteiger partial charge is 0.337 e. The highest BCUT2D eigenvalue weighted by atomic mass is 79.9. The molecule has 1 aromatic carbocycles. The number of rotatable bonds is 2. The van der Waals surface area contributed by atoms with Gasteiger partial charge < -0.3 is 10.9 Å². The van der Waals surface area contributed by atoms with Crippen LogP contribution in [-0.2, 0) is 0 Å². The number of halogens is 1. The Kier molecular flexibility index (Phi) is 3.02. The Bertz CT molecular complexity index is 363. The average molecular weight is 243 g/mol. The van der Waals surface area contributed by atoms with Crippen LogP contribution in [-0.4, -0.2) is 17.3 Å². The molecule has 3 N–H and O–H groups in total. The van der Waals surface area contributed by atoms with Crippen LogP contribution in [0.3, 0.4) is 0 Å². The lowest BCUT2D eigenvalue weighted by molar-refractivity contribution is 0.0696. The molecule has 0 heterocycles. The molecule has 0 fully saturated rings. The summed E-state index contributed by atoms with van der Waals surface area (Å²) < 4.78 is 0.511. The second kappa shape index (κ2) is 4.04. The summed E-state index contributed by atoms with van der Waals surface area (Å²) in [5.74, 6) is 3.93. The number of carboxylic acids is 1. The molecule has 1 rings (SSSR count). The van der Waals surface area contributed by atoms with Gasteiger partial charge in [-0.15, -0.1) is 0 Å². The van der Waals surface area contributed by atoms with Gasteiger partial charge in [0.05, 0.1) is 11.8 Å². The summed E-state index contributed by atoms with van der Waals surface area (Å²) in [5, 5.41) is 12.1. The van der Waals surface area contributed by atoms with E-state index in [9.17, 15) is 4.79 Å². The zero-order valence-electron chi connectivity index (χ0n) is 6.57. The number of nitrogens with two attached hydrogens (primary N) is 1. The summed E-state index contributed by atoms with van der Waals surface area (Å²) in [6.45, 7) is 0. The zero-order valence-corrected chi connectivity index (χ0v) is 8.15. The molecule has 0 aliphatic carbocycles. The molecule has 1 aromatic rings. The quantitative estimate of drug-likeness (QED) is 0.468. The number of benzene rings is 1. The van der Waals surface area contributed by atoms with Crippen molar-refractivity contribution < 1.29 is 9.90 Å². The van der Waals surface area contributed by atoms with Gasteiger partial charge in [-0.1, -0.05) is 12.1 Å². The van der Waals surface area contributed by atoms with Crippen molar-refractivity contribution in [1.29, 1.82) is 0 Å². The first-order valence-corrected chi connectivity index (χ1v) is 4.21. The Morgan fingerprint density at radius 3 is 2.85 bits per heavy atom. The van der Waals surface area contributed by atoms with Gasteiger partial charge >= 0.3 is 5.97 Å². The average Bonchev–Trinajstić information content (AvgIpc) is 2.04. The van der Waals surface area contributed by atoms with E-state index >= 15 is 0 Å². The molecule has 0 amide bonds. The predicted molar refractivity (Wildman–Crippen MR) is 52.9 cm³/mol. The molecule has 0 saturated heterocycles. The molecular weight excluding hydrogens is 236 g/mol. The fourth-order valence-electron chi connectivity index (χ4n) is 0.954. The van der Waals surface area contributed by atoms with Crippen molar-refractivity contribution in [1.82, 2.24) is 0 Å². The topological polar surface area (TPSA) is 75.7 Å². The SMILES string of the molecule is NN=Cc1cccc(Br)c1C(=O)O. The largest absolute Gasteiger partial charge is 0.478 e. The van der Waals surface area contributed by atoms with Crippen molar-refractivity contribution in [3.63, 3.8) is 0 Å². The maximum atomic E-state index is 10.8. The molecule has 0 spiro atoms. The normalized spacial score (nSPS) is 10.5. The third-order valence-electron chi connectivity index (χ3n) is 1.47. The van der Waals surface area contributed by atoms with E-state index in [4.69, 9.17) is 10.9 Å². The van der Waals surface area contributed by atoms with Crippen LogP contribution in [0, 0.1) is 0 Å². The summed E-state index contributed by atoms with van der Waals surface area (Å²) >= 11 is 3.13. The van der Waals surface area contributed by atoms with Crippen molar-refractivity contribution in [2.75, 3.05) is 0 Å². The molecule has 0 aliphatic rings. The predicted octanol–water partition coefficient (Wildman–Crippen LogP) is 1.44. The van der Waals surface area contributed by atoms with E-state index < -0.39 is 5.97 Å². The van der Waals surface area contributed by atoms with Crippen molar-refractivity contribution in [2.24, 2.45) is 10.9 Å². The van der Waals surface area contributed by atoms with Gasteiger partial charge in [-0.25, -0.2) is 4.79 Å². The van der Waals surface area contributed by atoms with Gasteiger partial charge in [-0.2, -0.15) is 5.10 Å². The van der Waals surface area contributed by atoms with Crippen molar-refractivity contribution >= 4 is 28.1 Å². The van der Waals surface area contributed by atoms with Crippen LogP contribution in [0.5, 0.6) is 0 Å². The first-order valence-electron chi connectivity index (χ1n) is 3.42. The van der Waals surface area contributed by atoms with Crippen LogP contribution in [0.15, 0.2) is 27.8 Å². The minimum atomic E-state index is -1.01. The van der Waals surface area contributed by atoms with Crippen LogP contribution in [0.2, 0.25) is 0 Å². The van der Waals surface area contributed by atoms with Crippen molar-refractivity contribution in [3.05, 3.63) is 33.8 Å². The lowest BCUT2D eigenvalue weighted by Crippen LogP contribution is -2.03. The molecular formula is C8H7BrN2O2. The monoisotopic (exact) mass is 242 g/mol. The molecule has 0 atom stereocenters. The lowest BCUT2D eigenvalue weighted by Gasteiger charge is -2.01. The summed E-state index contributed by atoms with van der Waals surface area (Å²) in [5.41, 5.74) is 0.640. The second-order valence-corrected chi connectivity index (χ2v) is 3.14. The molecule has 4 nitrogen and oxygen atoms in total. The molecule has 13 heavy (non-hydrogen) atoms. The van der Waals surface area contributed by atoms with Gasteiger partial charge in [0.2, 0.25) is 0 Å². The Morgan fingerprint density at radius 1 is 1.62 bits per heavy atom. The van der Waals surface area contributed by atoms with Gasteiger partial charge in [-0.05, 0) is 22.0 Å². The fraction of sp³-hybridized carbons (Fsp3) is 0. The molecule has 0 radical (unpaired) electrons. The highest BCUT2D eigenvalue weighted by Gasteiger charge is 2.11. The van der Waals surface area contributed by atoms with Gasteiger partial charge in [0, 0.05) is 10.0 Å². The summed E-state index contributed by atoms with van der Waals surface area (Å²) in [6, 6.07) is 5.00. The number of hydrazone groups is 1. The number of carboxylic acid groups (broad SMARTS) is 1. The van der Waals surface area contributed by atoms with E-state index in [0.717, 1.165) is 0 Å². The molecule has 0 unspecified atom stereocenters. The van der Waals surface area contributed by atoms with Crippen molar-refractivity contribution in [3.8, 4) is 0 Å². The Morgan fingerprint density at radius 2 is 2.31 bits per heavy atom. The number of nitrogens with zero attached hydrogens (tertiary/aromatic N) is 1. The van der Waals surface area contributed by atoms with Crippen LogP contribution in [0.1, 0.15) is 15.9 Å². The van der Waals surface area contributed by atoms with E-state index in [2.05, 4.69) is 21.0 Å². The second-order valence-electron chi connectivity index (χ2n) is 2.29. The van der Waals surface area contributed by atoms with E-state index in [1.54, 1.807) is 18.2 Å². The Balaban J connectivity index is 3.34. The van der Waals surface area contributed by atoms with Gasteiger partial charge in [-0.3, -0.25) is 0 Å². The number of hydrogen-bond donors (Lipinski definition) is 2. The highest BCUT2D eigenvalue weighted by Crippen LogP contribution is 2.19. The van der Waals surface area contributed by atoms with E-state index in [1.165, 1.54) is 6.21 Å². The number of carbonyl (C=O) groups is 1. The summed E-state index contributed by atoms with van der Waals surface area (Å²) in [6.07, 6.45) is 1.30. The minimum absolute atomic E-state index is 0.164. The number of hydrogen-bond acceptors (Lipinski definition) is 3. The molecule has 68 valence electrons. The van der Waals surface area contributed by atoms with Crippen LogP contribution in [0.4, 0.5) is 0 Å². The van der Waals surface area contributed by atoms with E-state index in [-0.39, 0.29) is 5.56 Å². The molecule has 0 aromatic heterocycles. The molecule has 0 aliphatic heterocycles. The first-order chi connectivity index (χ1) is 6.16. The molecule has 0 saturated carbocycles. The van der Waals surface area contributed by atoms with Gasteiger partial charge in [0.1, 0.15) is 0 Å². The standard InChI is InChI=1S/C8H7BrN2O2/c9-6-3-1-2-5(4-11-10)7(6)8(12)13/h1-4H,10H2,(H,12,13). The number of aromatic carboxylic acids is 1. The summed E-state index contributed by atoms with van der Waals surface area (Å²) in [7, 11) is 0. The van der Waals surface area contributed by atoms with E-state index in [1.807, 2.05) is 0 Å². The molecule has 5 heteroatoms. The lowest BCUT2D eigenvalue weighted by atomic mass is 10.1. The maximum Gasteiger partial charge on any atom is 0.337 e. The third kappa shape index (κ3) is 2.06. The third-order valence-corrected chi connectivity index (χ3v) is 2.13. The van der Waals surface area contributed by atoms with Gasteiger partial charge in [0.25, 0.3) is 0 Å². The highest BCUT2D eigenvalue weighted by molar-refractivity contribution is 9.10. The van der Waals surface area contributed by atoms with Crippen LogP contribution in [0.25, 0.3) is 0 Å². The summed E-state index contributed by atoms with van der Waals surface area (Å²) in [4.78, 5) is 10.8. The van der Waals surface area contributed by atoms with Crippen LogP contribution < -0.4 is 5.84 Å².